The molecular formula is C18H21BrN4O3S. The van der Waals surface area contributed by atoms with Crippen molar-refractivity contribution in [3.63, 3.8) is 0 Å². The first-order valence-electron chi connectivity index (χ1n) is 8.64. The van der Waals surface area contributed by atoms with Crippen molar-refractivity contribution < 1.29 is 13.2 Å². The van der Waals surface area contributed by atoms with Crippen molar-refractivity contribution >= 4 is 37.5 Å². The summed E-state index contributed by atoms with van der Waals surface area (Å²) in [5.41, 5.74) is 0.807. The van der Waals surface area contributed by atoms with E-state index in [9.17, 15) is 13.2 Å². The summed E-state index contributed by atoms with van der Waals surface area (Å²) in [5.74, 6) is -0.352. The first kappa shape index (κ1) is 19.9. The van der Waals surface area contributed by atoms with Gasteiger partial charge in [-0.3, -0.25) is 9.78 Å². The number of carbonyl (C=O) groups excluding carboxylic acids is 1. The highest BCUT2D eigenvalue weighted by Crippen LogP contribution is 2.21. The number of carbonyl (C=O) groups is 1. The molecule has 1 fully saturated rings. The summed E-state index contributed by atoms with van der Waals surface area (Å²) in [6, 6.07) is 7.99. The quantitative estimate of drug-likeness (QED) is 0.752. The number of nitrogens with one attached hydrogen (secondary N) is 1. The molecule has 2 heterocycles. The lowest BCUT2D eigenvalue weighted by Gasteiger charge is -2.33. The zero-order valence-electron chi connectivity index (χ0n) is 14.9. The molecule has 1 saturated heterocycles. The highest BCUT2D eigenvalue weighted by Gasteiger charge is 2.28. The first-order chi connectivity index (χ1) is 12.9. The number of pyridine rings is 1. The van der Waals surface area contributed by atoms with E-state index in [0.29, 0.717) is 28.8 Å². The number of hydrogen-bond acceptors (Lipinski definition) is 5. The lowest BCUT2D eigenvalue weighted by atomic mass is 10.2. The monoisotopic (exact) mass is 452 g/mol. The largest absolute Gasteiger partial charge is 0.322 e. The molecule has 0 atom stereocenters. The van der Waals surface area contributed by atoms with Crippen LogP contribution in [0.25, 0.3) is 0 Å². The average Bonchev–Trinajstić information content (AvgIpc) is 2.68. The smallest absolute Gasteiger partial charge is 0.257 e. The molecular weight excluding hydrogens is 432 g/mol. The minimum atomic E-state index is -3.59. The van der Waals surface area contributed by atoms with E-state index >= 15 is 0 Å². The van der Waals surface area contributed by atoms with Gasteiger partial charge in [0.1, 0.15) is 0 Å². The van der Waals surface area contributed by atoms with Gasteiger partial charge in [-0.05, 0) is 46.7 Å². The van der Waals surface area contributed by atoms with Crippen molar-refractivity contribution in [2.45, 2.75) is 11.8 Å². The van der Waals surface area contributed by atoms with E-state index in [4.69, 9.17) is 0 Å². The second kappa shape index (κ2) is 8.47. The van der Waals surface area contributed by atoms with Gasteiger partial charge in [0.05, 0.1) is 10.5 Å². The Hall–Kier alpha value is -1.81. The van der Waals surface area contributed by atoms with E-state index in [1.807, 2.05) is 0 Å². The highest BCUT2D eigenvalue weighted by atomic mass is 79.9. The fourth-order valence-corrected chi connectivity index (χ4v) is 4.74. The van der Waals surface area contributed by atoms with Crippen molar-refractivity contribution in [1.29, 1.82) is 0 Å². The van der Waals surface area contributed by atoms with Crippen LogP contribution in [-0.2, 0) is 10.0 Å². The summed E-state index contributed by atoms with van der Waals surface area (Å²) in [7, 11) is -3.59. The van der Waals surface area contributed by atoms with E-state index in [1.165, 1.54) is 16.6 Å². The van der Waals surface area contributed by atoms with Crippen LogP contribution in [0.3, 0.4) is 0 Å². The molecule has 0 saturated carbocycles. The molecule has 1 amide bonds. The third kappa shape index (κ3) is 4.73. The van der Waals surface area contributed by atoms with Crippen LogP contribution >= 0.6 is 15.9 Å². The van der Waals surface area contributed by atoms with E-state index in [-0.39, 0.29) is 10.8 Å². The van der Waals surface area contributed by atoms with Crippen molar-refractivity contribution in [3.05, 3.63) is 52.8 Å². The summed E-state index contributed by atoms with van der Waals surface area (Å²) in [6.45, 7) is 5.37. The van der Waals surface area contributed by atoms with Gasteiger partial charge in [0.15, 0.2) is 0 Å². The Kier molecular flexibility index (Phi) is 6.25. The number of anilines is 1. The highest BCUT2D eigenvalue weighted by molar-refractivity contribution is 9.10. The maximum absolute atomic E-state index is 12.9. The number of benzene rings is 1. The SMILES string of the molecule is CCN1CCN(S(=O)(=O)c2cccc(NC(=O)c3cncc(Br)c3)c2)CC1. The predicted molar refractivity (Wildman–Crippen MR) is 107 cm³/mol. The van der Waals surface area contributed by atoms with Gasteiger partial charge in [0, 0.05) is 48.7 Å². The number of piperazine rings is 1. The molecule has 1 aromatic carbocycles. The standard InChI is InChI=1S/C18H21BrN4O3S/c1-2-22-6-8-23(9-7-22)27(25,26)17-5-3-4-16(11-17)21-18(24)14-10-15(19)13-20-12-14/h3-5,10-13H,2,6-9H2,1H3,(H,21,24). The van der Waals surface area contributed by atoms with E-state index in [0.717, 1.165) is 19.6 Å². The lowest BCUT2D eigenvalue weighted by Crippen LogP contribution is -2.48. The summed E-state index contributed by atoms with van der Waals surface area (Å²) in [4.78, 5) is 18.7. The maximum Gasteiger partial charge on any atom is 0.257 e. The molecule has 0 spiro atoms. The fraction of sp³-hybridized carbons (Fsp3) is 0.333. The van der Waals surface area contributed by atoms with E-state index < -0.39 is 10.0 Å². The Morgan fingerprint density at radius 3 is 2.59 bits per heavy atom. The topological polar surface area (TPSA) is 82.6 Å². The molecule has 1 N–H and O–H groups in total. The number of rotatable bonds is 5. The van der Waals surface area contributed by atoms with Gasteiger partial charge in [-0.25, -0.2) is 8.42 Å². The third-order valence-corrected chi connectivity index (χ3v) is 6.80. The van der Waals surface area contributed by atoms with Crippen molar-refractivity contribution in [3.8, 4) is 0 Å². The van der Waals surface area contributed by atoms with Crippen LogP contribution in [0.5, 0.6) is 0 Å². The summed E-state index contributed by atoms with van der Waals surface area (Å²) < 4.78 is 28.0. The zero-order chi connectivity index (χ0) is 19.4. The summed E-state index contributed by atoms with van der Waals surface area (Å²) in [5, 5.41) is 2.73. The second-order valence-electron chi connectivity index (χ2n) is 6.21. The Balaban J connectivity index is 1.76. The van der Waals surface area contributed by atoms with Gasteiger partial charge in [-0.2, -0.15) is 4.31 Å². The minimum Gasteiger partial charge on any atom is -0.322 e. The molecule has 3 rings (SSSR count). The number of aromatic nitrogens is 1. The molecule has 0 bridgehead atoms. The van der Waals surface area contributed by atoms with Gasteiger partial charge in [0.2, 0.25) is 10.0 Å². The maximum atomic E-state index is 12.9. The van der Waals surface area contributed by atoms with Gasteiger partial charge >= 0.3 is 0 Å². The van der Waals surface area contributed by atoms with Crippen LogP contribution in [-0.4, -0.2) is 61.2 Å². The van der Waals surface area contributed by atoms with Crippen LogP contribution in [0, 0.1) is 0 Å². The summed E-state index contributed by atoms with van der Waals surface area (Å²) >= 11 is 3.28. The van der Waals surface area contributed by atoms with Gasteiger partial charge in [0.25, 0.3) is 5.91 Å². The Morgan fingerprint density at radius 2 is 1.93 bits per heavy atom. The van der Waals surface area contributed by atoms with Crippen LogP contribution in [0.15, 0.2) is 52.1 Å². The molecule has 0 radical (unpaired) electrons. The van der Waals surface area contributed by atoms with Gasteiger partial charge in [-0.15, -0.1) is 0 Å². The molecule has 1 aromatic heterocycles. The predicted octanol–water partition coefficient (Wildman–Crippen LogP) is 2.42. The molecule has 7 nitrogen and oxygen atoms in total. The van der Waals surface area contributed by atoms with Gasteiger partial charge < -0.3 is 10.2 Å². The number of halogens is 1. The summed E-state index contributed by atoms with van der Waals surface area (Å²) in [6.07, 6.45) is 3.04. The molecule has 2 aromatic rings. The fourth-order valence-electron chi connectivity index (χ4n) is 2.91. The second-order valence-corrected chi connectivity index (χ2v) is 9.07. The van der Waals surface area contributed by atoms with Crippen molar-refractivity contribution in [1.82, 2.24) is 14.2 Å². The minimum absolute atomic E-state index is 0.178. The Bertz CT molecular complexity index is 928. The molecule has 1 aliphatic rings. The first-order valence-corrected chi connectivity index (χ1v) is 10.9. The number of nitrogens with zero attached hydrogens (tertiary/aromatic N) is 3. The van der Waals surface area contributed by atoms with Crippen LogP contribution < -0.4 is 5.32 Å². The van der Waals surface area contributed by atoms with Gasteiger partial charge in [-0.1, -0.05) is 13.0 Å². The van der Waals surface area contributed by atoms with Crippen LogP contribution in [0.2, 0.25) is 0 Å². The van der Waals surface area contributed by atoms with Crippen LogP contribution in [0.1, 0.15) is 17.3 Å². The zero-order valence-corrected chi connectivity index (χ0v) is 17.3. The normalized spacial score (nSPS) is 16.2. The van der Waals surface area contributed by atoms with Crippen molar-refractivity contribution in [2.75, 3.05) is 38.0 Å². The van der Waals surface area contributed by atoms with Crippen LogP contribution in [0.4, 0.5) is 5.69 Å². The number of amides is 1. The number of sulfonamides is 1. The average molecular weight is 453 g/mol. The number of likely N-dealkylation sites (N-methyl/N-ethyl adjacent to an activating group) is 1. The molecule has 9 heteroatoms. The molecule has 144 valence electrons. The molecule has 0 aliphatic carbocycles. The Labute approximate surface area is 167 Å². The third-order valence-electron chi connectivity index (χ3n) is 4.48. The van der Waals surface area contributed by atoms with E-state index in [2.05, 4.69) is 38.1 Å². The van der Waals surface area contributed by atoms with E-state index in [1.54, 1.807) is 30.5 Å². The Morgan fingerprint density at radius 1 is 1.19 bits per heavy atom. The van der Waals surface area contributed by atoms with Crippen molar-refractivity contribution in [2.24, 2.45) is 0 Å². The lowest BCUT2D eigenvalue weighted by molar-refractivity contribution is 0.102. The number of hydrogen-bond donors (Lipinski definition) is 1. The molecule has 0 unspecified atom stereocenters. The molecule has 1 aliphatic heterocycles. The molecule has 27 heavy (non-hydrogen) atoms.